The van der Waals surface area contributed by atoms with Gasteiger partial charge in [-0.1, -0.05) is 13.0 Å². The van der Waals surface area contributed by atoms with Crippen LogP contribution in [0, 0.1) is 5.92 Å². The number of piperidine rings is 1. The molecule has 108 valence electrons. The van der Waals surface area contributed by atoms with Crippen molar-refractivity contribution in [3.8, 4) is 5.75 Å². The molecule has 2 heterocycles. The van der Waals surface area contributed by atoms with Crippen LogP contribution in [0.1, 0.15) is 38.7 Å². The number of rotatable bonds is 3. The zero-order valence-electron chi connectivity index (χ0n) is 12.6. The molecule has 3 rings (SSSR count). The predicted molar refractivity (Wildman–Crippen MR) is 83.5 cm³/mol. The molecule has 0 radical (unpaired) electrons. The van der Waals surface area contributed by atoms with E-state index in [4.69, 9.17) is 4.74 Å². The molecule has 3 heteroatoms. The Morgan fingerprint density at radius 2 is 2.15 bits per heavy atom. The Bertz CT molecular complexity index is 588. The van der Waals surface area contributed by atoms with Crippen molar-refractivity contribution in [3.63, 3.8) is 0 Å². The van der Waals surface area contributed by atoms with Gasteiger partial charge in [-0.2, -0.15) is 0 Å². The Morgan fingerprint density at radius 3 is 2.90 bits per heavy atom. The number of hydrogen-bond donors (Lipinski definition) is 2. The van der Waals surface area contributed by atoms with Crippen molar-refractivity contribution < 1.29 is 4.74 Å². The Balaban J connectivity index is 2.06. The quantitative estimate of drug-likeness (QED) is 0.894. The second-order valence-electron chi connectivity index (χ2n) is 6.17. The van der Waals surface area contributed by atoms with Gasteiger partial charge in [-0.25, -0.2) is 0 Å². The zero-order valence-corrected chi connectivity index (χ0v) is 12.6. The van der Waals surface area contributed by atoms with E-state index in [0.717, 1.165) is 18.8 Å². The highest BCUT2D eigenvalue weighted by atomic mass is 16.5. The van der Waals surface area contributed by atoms with Gasteiger partial charge in [0, 0.05) is 17.1 Å². The average Bonchev–Trinajstić information content (AvgIpc) is 2.83. The van der Waals surface area contributed by atoms with Crippen molar-refractivity contribution in [2.75, 3.05) is 13.1 Å². The van der Waals surface area contributed by atoms with Gasteiger partial charge in [-0.05, 0) is 62.9 Å². The summed E-state index contributed by atoms with van der Waals surface area (Å²) in [6.07, 6.45) is 3.59. The van der Waals surface area contributed by atoms with Crippen molar-refractivity contribution in [3.05, 3.63) is 30.0 Å². The van der Waals surface area contributed by atoms with E-state index in [9.17, 15) is 0 Å². The van der Waals surface area contributed by atoms with Crippen LogP contribution >= 0.6 is 0 Å². The van der Waals surface area contributed by atoms with Gasteiger partial charge in [0.15, 0.2) is 0 Å². The lowest BCUT2D eigenvalue weighted by atomic mass is 9.82. The van der Waals surface area contributed by atoms with Crippen molar-refractivity contribution in [1.82, 2.24) is 10.3 Å². The van der Waals surface area contributed by atoms with E-state index in [1.54, 1.807) is 0 Å². The molecular formula is C17H24N2O. The summed E-state index contributed by atoms with van der Waals surface area (Å²) in [4.78, 5) is 3.42. The Labute approximate surface area is 120 Å². The summed E-state index contributed by atoms with van der Waals surface area (Å²) in [7, 11) is 0. The van der Waals surface area contributed by atoms with Crippen LogP contribution in [0.15, 0.2) is 24.4 Å². The molecule has 0 amide bonds. The molecule has 2 atom stereocenters. The SMILES string of the molecule is CC(C)Oc1cccc2[nH]cc(C3CCNCC3C)c12. The fourth-order valence-corrected chi connectivity index (χ4v) is 3.30. The minimum absolute atomic E-state index is 0.203. The molecule has 20 heavy (non-hydrogen) atoms. The monoisotopic (exact) mass is 272 g/mol. The first-order valence-electron chi connectivity index (χ1n) is 7.64. The second-order valence-corrected chi connectivity index (χ2v) is 6.17. The first kappa shape index (κ1) is 13.5. The molecule has 0 bridgehead atoms. The topological polar surface area (TPSA) is 37.0 Å². The smallest absolute Gasteiger partial charge is 0.129 e. The molecule has 0 spiro atoms. The summed E-state index contributed by atoms with van der Waals surface area (Å²) >= 11 is 0. The summed E-state index contributed by atoms with van der Waals surface area (Å²) < 4.78 is 6.02. The molecule has 2 unspecified atom stereocenters. The lowest BCUT2D eigenvalue weighted by Gasteiger charge is -2.29. The number of hydrogen-bond acceptors (Lipinski definition) is 2. The Kier molecular flexibility index (Phi) is 3.70. The molecule has 1 aliphatic heterocycles. The molecular weight excluding hydrogens is 248 g/mol. The first-order valence-corrected chi connectivity index (χ1v) is 7.64. The third kappa shape index (κ3) is 2.42. The standard InChI is InChI=1S/C17H24N2O/c1-11(2)20-16-6-4-5-15-17(16)14(10-19-15)13-7-8-18-9-12(13)3/h4-6,10-13,18-19H,7-9H2,1-3H3. The number of aromatic nitrogens is 1. The molecule has 1 saturated heterocycles. The lowest BCUT2D eigenvalue weighted by Crippen LogP contribution is -2.33. The van der Waals surface area contributed by atoms with E-state index in [1.165, 1.54) is 22.9 Å². The van der Waals surface area contributed by atoms with Crippen LogP contribution in [0.5, 0.6) is 5.75 Å². The lowest BCUT2D eigenvalue weighted by molar-refractivity contribution is 0.245. The normalized spacial score (nSPS) is 23.4. The van der Waals surface area contributed by atoms with Gasteiger partial charge >= 0.3 is 0 Å². The highest BCUT2D eigenvalue weighted by molar-refractivity contribution is 5.89. The Morgan fingerprint density at radius 1 is 1.30 bits per heavy atom. The molecule has 1 fully saturated rings. The molecule has 1 aliphatic rings. The molecule has 0 aliphatic carbocycles. The van der Waals surface area contributed by atoms with Gasteiger partial charge in [0.25, 0.3) is 0 Å². The number of benzene rings is 1. The number of fused-ring (bicyclic) bond motifs is 1. The summed E-state index contributed by atoms with van der Waals surface area (Å²) in [5.74, 6) is 2.29. The minimum atomic E-state index is 0.203. The average molecular weight is 272 g/mol. The fraction of sp³-hybridized carbons (Fsp3) is 0.529. The fourth-order valence-electron chi connectivity index (χ4n) is 3.30. The summed E-state index contributed by atoms with van der Waals surface area (Å²) in [5, 5.41) is 4.76. The number of H-pyrrole nitrogens is 1. The predicted octanol–water partition coefficient (Wildman–Crippen LogP) is 3.67. The maximum absolute atomic E-state index is 6.02. The molecule has 2 N–H and O–H groups in total. The van der Waals surface area contributed by atoms with E-state index in [0.29, 0.717) is 11.8 Å². The van der Waals surface area contributed by atoms with E-state index >= 15 is 0 Å². The van der Waals surface area contributed by atoms with Gasteiger partial charge in [0.05, 0.1) is 6.10 Å². The molecule has 1 aromatic carbocycles. The van der Waals surface area contributed by atoms with Crippen molar-refractivity contribution in [1.29, 1.82) is 0 Å². The Hall–Kier alpha value is -1.48. The van der Waals surface area contributed by atoms with Crippen LogP contribution in [0.4, 0.5) is 0 Å². The largest absolute Gasteiger partial charge is 0.490 e. The van der Waals surface area contributed by atoms with Crippen molar-refractivity contribution >= 4 is 10.9 Å². The van der Waals surface area contributed by atoms with Crippen LogP contribution in [-0.2, 0) is 0 Å². The molecule has 2 aromatic rings. The summed E-state index contributed by atoms with van der Waals surface area (Å²) in [6, 6.07) is 6.29. The minimum Gasteiger partial charge on any atom is -0.490 e. The molecule has 3 nitrogen and oxygen atoms in total. The van der Waals surface area contributed by atoms with Crippen LogP contribution in [0.3, 0.4) is 0 Å². The number of nitrogens with one attached hydrogen (secondary N) is 2. The van der Waals surface area contributed by atoms with E-state index in [1.807, 2.05) is 0 Å². The van der Waals surface area contributed by atoms with Gasteiger partial charge < -0.3 is 15.0 Å². The third-order valence-electron chi connectivity index (χ3n) is 4.25. The van der Waals surface area contributed by atoms with Gasteiger partial charge in [-0.3, -0.25) is 0 Å². The first-order chi connectivity index (χ1) is 9.66. The van der Waals surface area contributed by atoms with E-state index in [2.05, 4.69) is 55.5 Å². The molecule has 0 saturated carbocycles. The van der Waals surface area contributed by atoms with Gasteiger partial charge in [0.2, 0.25) is 0 Å². The van der Waals surface area contributed by atoms with Crippen LogP contribution in [0.25, 0.3) is 10.9 Å². The summed E-state index contributed by atoms with van der Waals surface area (Å²) in [6.45, 7) is 8.71. The highest BCUT2D eigenvalue weighted by Gasteiger charge is 2.26. The van der Waals surface area contributed by atoms with Crippen molar-refractivity contribution in [2.24, 2.45) is 5.92 Å². The maximum atomic E-state index is 6.02. The van der Waals surface area contributed by atoms with Crippen molar-refractivity contribution in [2.45, 2.75) is 39.2 Å². The maximum Gasteiger partial charge on any atom is 0.129 e. The van der Waals surface area contributed by atoms with Crippen LogP contribution in [-0.4, -0.2) is 24.2 Å². The zero-order chi connectivity index (χ0) is 14.1. The van der Waals surface area contributed by atoms with Gasteiger partial charge in [0.1, 0.15) is 5.75 Å². The van der Waals surface area contributed by atoms with E-state index in [-0.39, 0.29) is 6.10 Å². The van der Waals surface area contributed by atoms with Crippen LogP contribution in [0.2, 0.25) is 0 Å². The highest BCUT2D eigenvalue weighted by Crippen LogP contribution is 2.38. The second kappa shape index (κ2) is 5.49. The summed E-state index contributed by atoms with van der Waals surface area (Å²) in [5.41, 5.74) is 2.61. The molecule has 1 aromatic heterocycles. The number of ether oxygens (including phenoxy) is 1. The third-order valence-corrected chi connectivity index (χ3v) is 4.25. The van der Waals surface area contributed by atoms with Gasteiger partial charge in [-0.15, -0.1) is 0 Å². The van der Waals surface area contributed by atoms with Crippen LogP contribution < -0.4 is 10.1 Å². The number of aromatic amines is 1. The van der Waals surface area contributed by atoms with E-state index < -0.39 is 0 Å².